The van der Waals surface area contributed by atoms with Gasteiger partial charge in [-0.05, 0) is 30.7 Å². The molecule has 0 unspecified atom stereocenters. The van der Waals surface area contributed by atoms with E-state index < -0.39 is 0 Å². The van der Waals surface area contributed by atoms with Gasteiger partial charge < -0.3 is 10.4 Å². The molecule has 0 aliphatic rings. The molecule has 0 saturated carbocycles. The molecular formula is C17H14N2O2. The summed E-state index contributed by atoms with van der Waals surface area (Å²) in [7, 11) is 0. The van der Waals surface area contributed by atoms with Gasteiger partial charge in [-0.3, -0.25) is 9.78 Å². The number of carbonyl (C=O) groups excluding carboxylic acids is 1. The van der Waals surface area contributed by atoms with E-state index in [9.17, 15) is 9.90 Å². The number of aryl methyl sites for hydroxylation is 1. The molecule has 0 aliphatic heterocycles. The van der Waals surface area contributed by atoms with Crippen molar-refractivity contribution in [3.8, 4) is 5.75 Å². The van der Waals surface area contributed by atoms with E-state index in [2.05, 4.69) is 10.3 Å². The summed E-state index contributed by atoms with van der Waals surface area (Å²) in [6.07, 6.45) is 1.61. The van der Waals surface area contributed by atoms with E-state index in [0.29, 0.717) is 11.3 Å². The van der Waals surface area contributed by atoms with Crippen LogP contribution < -0.4 is 5.32 Å². The summed E-state index contributed by atoms with van der Waals surface area (Å²) in [5, 5.41) is 13.3. The van der Waals surface area contributed by atoms with Crippen molar-refractivity contribution in [3.63, 3.8) is 0 Å². The zero-order chi connectivity index (χ0) is 14.8. The zero-order valence-electron chi connectivity index (χ0n) is 11.5. The van der Waals surface area contributed by atoms with Crippen LogP contribution in [0.3, 0.4) is 0 Å². The fraction of sp³-hybridized carbons (Fsp3) is 0.0588. The highest BCUT2D eigenvalue weighted by molar-refractivity contribution is 6.12. The van der Waals surface area contributed by atoms with Crippen molar-refractivity contribution in [2.45, 2.75) is 6.92 Å². The van der Waals surface area contributed by atoms with E-state index in [-0.39, 0.29) is 11.7 Å². The standard InChI is InChI=1S/C17H14N2O2/c1-11-6-7-12(10-16(11)20)19-17(21)14-8-9-18-15-5-3-2-4-13(14)15/h2-10,20H,1H3,(H,19,21). The third-order valence-electron chi connectivity index (χ3n) is 3.36. The van der Waals surface area contributed by atoms with Crippen LogP contribution in [-0.4, -0.2) is 16.0 Å². The number of amides is 1. The minimum absolute atomic E-state index is 0.160. The first-order chi connectivity index (χ1) is 10.1. The molecule has 3 rings (SSSR count). The molecule has 0 aliphatic carbocycles. The molecule has 21 heavy (non-hydrogen) atoms. The Bertz CT molecular complexity index is 823. The fourth-order valence-corrected chi connectivity index (χ4v) is 2.18. The van der Waals surface area contributed by atoms with Crippen LogP contribution in [0.25, 0.3) is 10.9 Å². The van der Waals surface area contributed by atoms with Gasteiger partial charge in [-0.1, -0.05) is 24.3 Å². The number of phenols is 1. The normalized spacial score (nSPS) is 10.5. The molecule has 0 radical (unpaired) electrons. The number of hydrogen-bond donors (Lipinski definition) is 2. The van der Waals surface area contributed by atoms with Crippen LogP contribution in [0, 0.1) is 6.92 Å². The molecule has 2 N–H and O–H groups in total. The van der Waals surface area contributed by atoms with Crippen molar-refractivity contribution in [2.75, 3.05) is 5.32 Å². The van der Waals surface area contributed by atoms with Crippen LogP contribution in [0.5, 0.6) is 5.75 Å². The Balaban J connectivity index is 1.95. The number of fused-ring (bicyclic) bond motifs is 1. The van der Waals surface area contributed by atoms with E-state index in [4.69, 9.17) is 0 Å². The number of hydrogen-bond acceptors (Lipinski definition) is 3. The summed E-state index contributed by atoms with van der Waals surface area (Å²) in [6, 6.07) is 14.2. The van der Waals surface area contributed by atoms with E-state index >= 15 is 0 Å². The Morgan fingerprint density at radius 1 is 1.14 bits per heavy atom. The second-order valence-corrected chi connectivity index (χ2v) is 4.83. The second-order valence-electron chi connectivity index (χ2n) is 4.83. The van der Waals surface area contributed by atoms with Gasteiger partial charge in [0.1, 0.15) is 5.75 Å². The lowest BCUT2D eigenvalue weighted by Crippen LogP contribution is -2.12. The maximum absolute atomic E-state index is 12.4. The van der Waals surface area contributed by atoms with Gasteiger partial charge in [-0.15, -0.1) is 0 Å². The third-order valence-corrected chi connectivity index (χ3v) is 3.36. The molecule has 3 aromatic rings. The van der Waals surface area contributed by atoms with Gasteiger partial charge in [0.05, 0.1) is 11.1 Å². The highest BCUT2D eigenvalue weighted by Gasteiger charge is 2.11. The minimum Gasteiger partial charge on any atom is -0.508 e. The number of aromatic nitrogens is 1. The van der Waals surface area contributed by atoms with Crippen molar-refractivity contribution in [1.82, 2.24) is 4.98 Å². The average molecular weight is 278 g/mol. The van der Waals surface area contributed by atoms with Crippen LogP contribution in [0.1, 0.15) is 15.9 Å². The zero-order valence-corrected chi connectivity index (χ0v) is 11.5. The second kappa shape index (κ2) is 5.25. The highest BCUT2D eigenvalue weighted by Crippen LogP contribution is 2.22. The Hall–Kier alpha value is -2.88. The van der Waals surface area contributed by atoms with Crippen molar-refractivity contribution in [1.29, 1.82) is 0 Å². The summed E-state index contributed by atoms with van der Waals surface area (Å²) in [6.45, 7) is 1.80. The molecule has 0 spiro atoms. The first-order valence-electron chi connectivity index (χ1n) is 6.60. The van der Waals surface area contributed by atoms with E-state index in [0.717, 1.165) is 16.5 Å². The molecule has 1 amide bonds. The Morgan fingerprint density at radius 2 is 1.95 bits per heavy atom. The van der Waals surface area contributed by atoms with Crippen molar-refractivity contribution in [2.24, 2.45) is 0 Å². The lowest BCUT2D eigenvalue weighted by molar-refractivity contribution is 0.102. The first kappa shape index (κ1) is 13.1. The van der Waals surface area contributed by atoms with E-state index in [1.165, 1.54) is 6.07 Å². The average Bonchev–Trinajstić information content (AvgIpc) is 2.50. The maximum Gasteiger partial charge on any atom is 0.256 e. The lowest BCUT2D eigenvalue weighted by atomic mass is 10.1. The molecule has 104 valence electrons. The minimum atomic E-state index is -0.225. The number of nitrogens with zero attached hydrogens (tertiary/aromatic N) is 1. The Kier molecular flexibility index (Phi) is 3.28. The summed E-state index contributed by atoms with van der Waals surface area (Å²) in [5.74, 6) is -0.0655. The first-order valence-corrected chi connectivity index (χ1v) is 6.60. The van der Waals surface area contributed by atoms with Crippen LogP contribution in [0.4, 0.5) is 5.69 Å². The van der Waals surface area contributed by atoms with Gasteiger partial charge in [0, 0.05) is 23.3 Å². The molecule has 4 heteroatoms. The molecule has 1 heterocycles. The smallest absolute Gasteiger partial charge is 0.256 e. The van der Waals surface area contributed by atoms with Crippen LogP contribution >= 0.6 is 0 Å². The van der Waals surface area contributed by atoms with E-state index in [1.54, 1.807) is 31.3 Å². The van der Waals surface area contributed by atoms with Crippen LogP contribution in [0.2, 0.25) is 0 Å². The SMILES string of the molecule is Cc1ccc(NC(=O)c2ccnc3ccccc23)cc1O. The molecular weight excluding hydrogens is 264 g/mol. The highest BCUT2D eigenvalue weighted by atomic mass is 16.3. The van der Waals surface area contributed by atoms with Crippen molar-refractivity contribution >= 4 is 22.5 Å². The number of aromatic hydroxyl groups is 1. The molecule has 0 atom stereocenters. The number of pyridine rings is 1. The fourth-order valence-electron chi connectivity index (χ4n) is 2.18. The number of rotatable bonds is 2. The third kappa shape index (κ3) is 2.56. The van der Waals surface area contributed by atoms with E-state index in [1.807, 2.05) is 24.3 Å². The van der Waals surface area contributed by atoms with Crippen LogP contribution in [-0.2, 0) is 0 Å². The number of nitrogens with one attached hydrogen (secondary N) is 1. The van der Waals surface area contributed by atoms with Crippen molar-refractivity contribution in [3.05, 3.63) is 65.9 Å². The largest absolute Gasteiger partial charge is 0.508 e. The number of para-hydroxylation sites is 1. The summed E-state index contributed by atoms with van der Waals surface area (Å²) in [4.78, 5) is 16.6. The molecule has 1 aromatic heterocycles. The quantitative estimate of drug-likeness (QED) is 0.754. The number of benzene rings is 2. The summed E-state index contributed by atoms with van der Waals surface area (Å²) < 4.78 is 0. The Labute approximate surface area is 122 Å². The van der Waals surface area contributed by atoms with Gasteiger partial charge in [0.25, 0.3) is 5.91 Å². The van der Waals surface area contributed by atoms with Gasteiger partial charge in [-0.2, -0.15) is 0 Å². The molecule has 0 saturated heterocycles. The predicted octanol–water partition coefficient (Wildman–Crippen LogP) is 3.50. The van der Waals surface area contributed by atoms with Gasteiger partial charge in [0.15, 0.2) is 0 Å². The summed E-state index contributed by atoms with van der Waals surface area (Å²) in [5.41, 5.74) is 2.66. The monoisotopic (exact) mass is 278 g/mol. The maximum atomic E-state index is 12.4. The predicted molar refractivity (Wildman–Crippen MR) is 82.5 cm³/mol. The van der Waals surface area contributed by atoms with Crippen LogP contribution in [0.15, 0.2) is 54.7 Å². The van der Waals surface area contributed by atoms with Gasteiger partial charge in [-0.25, -0.2) is 0 Å². The van der Waals surface area contributed by atoms with Crippen molar-refractivity contribution < 1.29 is 9.90 Å². The number of carbonyl (C=O) groups is 1. The van der Waals surface area contributed by atoms with Gasteiger partial charge in [0.2, 0.25) is 0 Å². The molecule has 2 aromatic carbocycles. The number of phenolic OH excluding ortho intramolecular Hbond substituents is 1. The Morgan fingerprint density at radius 3 is 2.76 bits per heavy atom. The topological polar surface area (TPSA) is 62.2 Å². The van der Waals surface area contributed by atoms with Gasteiger partial charge >= 0.3 is 0 Å². The molecule has 0 bridgehead atoms. The number of anilines is 1. The molecule has 0 fully saturated rings. The summed E-state index contributed by atoms with van der Waals surface area (Å²) >= 11 is 0. The molecule has 4 nitrogen and oxygen atoms in total. The lowest BCUT2D eigenvalue weighted by Gasteiger charge is -2.08.